The van der Waals surface area contributed by atoms with Gasteiger partial charge < -0.3 is 0 Å². The maximum absolute atomic E-state index is 9.81. The molecule has 0 bridgehead atoms. The minimum Gasteiger partial charge on any atom is -0.285 e. The molecule has 0 aromatic rings. The molecule has 0 atom stereocenters. The lowest BCUT2D eigenvalue weighted by Crippen LogP contribution is -2.00. The van der Waals surface area contributed by atoms with Crippen molar-refractivity contribution >= 4 is 6.29 Å². The van der Waals surface area contributed by atoms with E-state index < -0.39 is 0 Å². The monoisotopic (exact) mass is 95.0 g/mol. The molecule has 0 unspecified atom stereocenters. The van der Waals surface area contributed by atoms with E-state index in [1.165, 1.54) is 5.57 Å². The van der Waals surface area contributed by atoms with Crippen LogP contribution >= 0.6 is 0 Å². The molecule has 37 valence electrons. The van der Waals surface area contributed by atoms with Gasteiger partial charge in [0.1, 0.15) is 0 Å². The van der Waals surface area contributed by atoms with E-state index in [2.05, 4.69) is 0 Å². The van der Waals surface area contributed by atoms with Crippen LogP contribution in [-0.4, -0.2) is 6.29 Å². The molecule has 0 fully saturated rings. The fraction of sp³-hybridized carbons (Fsp3) is 0.500. The van der Waals surface area contributed by atoms with Crippen LogP contribution in [0, 0.1) is 0 Å². The summed E-state index contributed by atoms with van der Waals surface area (Å²) < 4.78 is 0. The lowest BCUT2D eigenvalue weighted by molar-refractivity contribution is 0.556. The van der Waals surface area contributed by atoms with Crippen LogP contribution in [0.4, 0.5) is 0 Å². The van der Waals surface area contributed by atoms with Gasteiger partial charge in [-0.25, -0.2) is 0 Å². The van der Waals surface area contributed by atoms with E-state index in [4.69, 9.17) is 0 Å². The summed E-state index contributed by atoms with van der Waals surface area (Å²) in [4.78, 5) is 9.81. The van der Waals surface area contributed by atoms with E-state index in [0.29, 0.717) is 0 Å². The highest BCUT2D eigenvalue weighted by Crippen LogP contribution is 2.24. The van der Waals surface area contributed by atoms with E-state index in [-0.39, 0.29) is 0 Å². The predicted octanol–water partition coefficient (Wildman–Crippen LogP) is 1.21. The molecule has 0 aliphatic heterocycles. The van der Waals surface area contributed by atoms with Crippen LogP contribution in [0.1, 0.15) is 19.8 Å². The van der Waals surface area contributed by atoms with Gasteiger partial charge in [0, 0.05) is 5.57 Å². The first-order valence-electron chi connectivity index (χ1n) is 2.41. The summed E-state index contributed by atoms with van der Waals surface area (Å²) in [5.74, 6) is 0. The first-order chi connectivity index (χ1) is 3.34. The minimum absolute atomic E-state index is 0.889. The van der Waals surface area contributed by atoms with Crippen LogP contribution < -0.4 is 0 Å². The Balaban J connectivity index is 2.70. The minimum atomic E-state index is 0.889. The maximum Gasteiger partial charge on any atom is 0.229 e. The summed E-state index contributed by atoms with van der Waals surface area (Å²) in [6.45, 7) is 1.98. The van der Waals surface area contributed by atoms with Gasteiger partial charge in [-0.1, -0.05) is 5.57 Å². The van der Waals surface area contributed by atoms with Gasteiger partial charge in [0.15, 0.2) is 0 Å². The van der Waals surface area contributed by atoms with Crippen LogP contribution in [0.3, 0.4) is 0 Å². The third-order valence-electron chi connectivity index (χ3n) is 1.39. The second-order valence-electron chi connectivity index (χ2n) is 1.86. The Morgan fingerprint density at radius 3 is 2.29 bits per heavy atom. The van der Waals surface area contributed by atoms with E-state index in [9.17, 15) is 4.79 Å². The molecule has 0 aromatic heterocycles. The molecule has 7 heavy (non-hydrogen) atoms. The molecule has 0 N–H and O–H groups in total. The standard InChI is InChI=1S/C6H7O/c1-5-2-3-6(5)4-7/h2-3H2,1H3. The predicted molar refractivity (Wildman–Crippen MR) is 27.6 cm³/mol. The van der Waals surface area contributed by atoms with Gasteiger partial charge in [0.2, 0.25) is 6.29 Å². The van der Waals surface area contributed by atoms with Crippen molar-refractivity contribution in [2.45, 2.75) is 19.8 Å². The summed E-state index contributed by atoms with van der Waals surface area (Å²) in [6, 6.07) is 0. The quantitative estimate of drug-likeness (QED) is 0.478. The molecule has 0 saturated heterocycles. The molecule has 0 spiro atoms. The van der Waals surface area contributed by atoms with Crippen LogP contribution in [0.25, 0.3) is 0 Å². The first-order valence-corrected chi connectivity index (χ1v) is 2.41. The highest BCUT2D eigenvalue weighted by molar-refractivity contribution is 5.77. The van der Waals surface area contributed by atoms with Gasteiger partial charge in [-0.15, -0.1) is 0 Å². The Hall–Kier alpha value is -0.590. The molecule has 0 aromatic carbocycles. The highest BCUT2D eigenvalue weighted by atomic mass is 16.1. The molecule has 0 saturated carbocycles. The van der Waals surface area contributed by atoms with E-state index in [1.54, 1.807) is 0 Å². The number of carbonyl (C=O) groups excluding carboxylic acids is 1. The summed E-state index contributed by atoms with van der Waals surface area (Å²) in [5.41, 5.74) is 2.11. The Morgan fingerprint density at radius 1 is 1.57 bits per heavy atom. The molecule has 0 heterocycles. The second-order valence-corrected chi connectivity index (χ2v) is 1.86. The van der Waals surface area contributed by atoms with Crippen molar-refractivity contribution in [3.63, 3.8) is 0 Å². The zero-order valence-electron chi connectivity index (χ0n) is 4.32. The largest absolute Gasteiger partial charge is 0.285 e. The topological polar surface area (TPSA) is 17.1 Å². The Bertz CT molecular complexity index is 122. The third-order valence-corrected chi connectivity index (χ3v) is 1.39. The van der Waals surface area contributed by atoms with Crippen LogP contribution in [0.15, 0.2) is 11.1 Å². The normalized spacial score (nSPS) is 19.0. The van der Waals surface area contributed by atoms with Gasteiger partial charge in [-0.05, 0) is 19.8 Å². The van der Waals surface area contributed by atoms with Crippen molar-refractivity contribution in [3.8, 4) is 0 Å². The smallest absolute Gasteiger partial charge is 0.229 e. The van der Waals surface area contributed by atoms with Crippen LogP contribution in [0.2, 0.25) is 0 Å². The Labute approximate surface area is 43.0 Å². The first kappa shape index (κ1) is 4.57. The average Bonchev–Trinajstić information content (AvgIpc) is 1.65. The Kier molecular flexibility index (Phi) is 0.970. The number of hydrogen-bond acceptors (Lipinski definition) is 1. The van der Waals surface area contributed by atoms with Crippen molar-refractivity contribution in [2.24, 2.45) is 0 Å². The summed E-state index contributed by atoms with van der Waals surface area (Å²) in [6.07, 6.45) is 3.94. The molecular formula is C6H7O. The van der Waals surface area contributed by atoms with Crippen LogP contribution in [-0.2, 0) is 4.79 Å². The van der Waals surface area contributed by atoms with Crippen molar-refractivity contribution < 1.29 is 4.79 Å². The molecule has 1 aliphatic carbocycles. The van der Waals surface area contributed by atoms with Gasteiger partial charge >= 0.3 is 0 Å². The highest BCUT2D eigenvalue weighted by Gasteiger charge is 2.11. The lowest BCUT2D eigenvalue weighted by Gasteiger charge is -2.12. The zero-order valence-corrected chi connectivity index (χ0v) is 4.32. The summed E-state index contributed by atoms with van der Waals surface area (Å²) in [7, 11) is 0. The Morgan fingerprint density at radius 2 is 2.29 bits per heavy atom. The SMILES string of the molecule is CC1=C([C]=O)CC1. The maximum atomic E-state index is 9.81. The van der Waals surface area contributed by atoms with Crippen molar-refractivity contribution in [3.05, 3.63) is 11.1 Å². The molecular weight excluding hydrogens is 88.1 g/mol. The molecule has 1 heteroatoms. The van der Waals surface area contributed by atoms with E-state index >= 15 is 0 Å². The second kappa shape index (κ2) is 1.49. The molecule has 1 radical (unpaired) electrons. The fourth-order valence-electron chi connectivity index (χ4n) is 0.638. The molecule has 0 amide bonds. The van der Waals surface area contributed by atoms with Crippen molar-refractivity contribution in [2.75, 3.05) is 0 Å². The number of allylic oxidation sites excluding steroid dienone is 2. The van der Waals surface area contributed by atoms with Gasteiger partial charge in [0.05, 0.1) is 0 Å². The van der Waals surface area contributed by atoms with Gasteiger partial charge in [-0.2, -0.15) is 0 Å². The molecule has 1 rings (SSSR count). The van der Waals surface area contributed by atoms with E-state index in [1.807, 2.05) is 13.2 Å². The third kappa shape index (κ3) is 0.581. The summed E-state index contributed by atoms with van der Waals surface area (Å²) in [5, 5.41) is 0. The van der Waals surface area contributed by atoms with Gasteiger partial charge in [0.25, 0.3) is 0 Å². The number of rotatable bonds is 1. The molecule has 1 aliphatic rings. The van der Waals surface area contributed by atoms with Crippen molar-refractivity contribution in [1.82, 2.24) is 0 Å². The molecule has 1 nitrogen and oxygen atoms in total. The van der Waals surface area contributed by atoms with Crippen LogP contribution in [0.5, 0.6) is 0 Å². The summed E-state index contributed by atoms with van der Waals surface area (Å²) >= 11 is 0. The van der Waals surface area contributed by atoms with Gasteiger partial charge in [-0.3, -0.25) is 4.79 Å². The fourth-order valence-corrected chi connectivity index (χ4v) is 0.638. The average molecular weight is 95.1 g/mol. The lowest BCUT2D eigenvalue weighted by atomic mass is 9.91. The number of hydrogen-bond donors (Lipinski definition) is 0. The zero-order chi connectivity index (χ0) is 5.28. The van der Waals surface area contributed by atoms with E-state index in [0.717, 1.165) is 18.4 Å². The van der Waals surface area contributed by atoms with Crippen molar-refractivity contribution in [1.29, 1.82) is 0 Å².